The molecule has 0 aromatic heterocycles. The molecule has 0 radical (unpaired) electrons. The van der Waals surface area contributed by atoms with Crippen molar-refractivity contribution in [2.24, 2.45) is 0 Å². The smallest absolute Gasteiger partial charge is 0.186 e. The van der Waals surface area contributed by atoms with Gasteiger partial charge in [0.05, 0.1) is 19.3 Å². The summed E-state index contributed by atoms with van der Waals surface area (Å²) in [6.45, 7) is 1.13. The van der Waals surface area contributed by atoms with Gasteiger partial charge in [0.15, 0.2) is 24.1 Å². The first-order chi connectivity index (χ1) is 15.1. The van der Waals surface area contributed by atoms with Gasteiger partial charge in [-0.3, -0.25) is 0 Å². The van der Waals surface area contributed by atoms with Crippen molar-refractivity contribution in [3.63, 3.8) is 0 Å². The van der Waals surface area contributed by atoms with Crippen LogP contribution in [0.15, 0.2) is 18.2 Å². The minimum atomic E-state index is -1.61. The molecule has 0 aliphatic carbocycles. The van der Waals surface area contributed by atoms with Crippen LogP contribution in [0.1, 0.15) is 12.5 Å². The van der Waals surface area contributed by atoms with Crippen molar-refractivity contribution in [3.8, 4) is 11.5 Å². The summed E-state index contributed by atoms with van der Waals surface area (Å²) in [5.74, 6) is -0.546. The first-order valence-corrected chi connectivity index (χ1v) is 10.2. The van der Waals surface area contributed by atoms with E-state index in [1.165, 1.54) is 19.1 Å². The van der Waals surface area contributed by atoms with Crippen molar-refractivity contribution in [3.05, 3.63) is 23.8 Å². The number of hydrogen-bond donors (Lipinski definition) is 8. The number of phenols is 2. The Morgan fingerprint density at radius 1 is 0.750 bits per heavy atom. The molecule has 0 saturated carbocycles. The molecular weight excluding hydrogens is 432 g/mol. The average Bonchev–Trinajstić information content (AvgIpc) is 2.77. The SMILES string of the molecule is C[C@@H]1O[C@@H](OC[C@@H]2O[C@H](OCCc3ccc(O)c(O)c3)[C@@H](O)[C@H](O)[C@H]2O)[C@H](O)[C@H](O)[C@H]1O. The van der Waals surface area contributed by atoms with Gasteiger partial charge in [0.25, 0.3) is 0 Å². The summed E-state index contributed by atoms with van der Waals surface area (Å²) < 4.78 is 21.7. The van der Waals surface area contributed by atoms with Gasteiger partial charge in [0.1, 0.15) is 42.7 Å². The Balaban J connectivity index is 1.54. The molecule has 2 saturated heterocycles. The van der Waals surface area contributed by atoms with Crippen molar-refractivity contribution in [1.82, 2.24) is 0 Å². The predicted molar refractivity (Wildman–Crippen MR) is 104 cm³/mol. The van der Waals surface area contributed by atoms with Crippen LogP contribution in [0, 0.1) is 0 Å². The zero-order valence-corrected chi connectivity index (χ0v) is 17.3. The Morgan fingerprint density at radius 2 is 1.38 bits per heavy atom. The lowest BCUT2D eigenvalue weighted by atomic mass is 9.98. The van der Waals surface area contributed by atoms with Crippen molar-refractivity contribution in [2.45, 2.75) is 74.8 Å². The van der Waals surface area contributed by atoms with Crippen molar-refractivity contribution >= 4 is 0 Å². The van der Waals surface area contributed by atoms with Crippen molar-refractivity contribution < 1.29 is 59.8 Å². The van der Waals surface area contributed by atoms with Gasteiger partial charge < -0.3 is 59.8 Å². The van der Waals surface area contributed by atoms with Gasteiger partial charge in [0, 0.05) is 0 Å². The third-order valence-corrected chi connectivity index (χ3v) is 5.61. The maximum Gasteiger partial charge on any atom is 0.186 e. The summed E-state index contributed by atoms with van der Waals surface area (Å²) in [5.41, 5.74) is 0.643. The quantitative estimate of drug-likeness (QED) is 0.196. The lowest BCUT2D eigenvalue weighted by Gasteiger charge is -2.42. The summed E-state index contributed by atoms with van der Waals surface area (Å²) in [5, 5.41) is 79.0. The molecule has 182 valence electrons. The fraction of sp³-hybridized carbons (Fsp3) is 0.700. The van der Waals surface area contributed by atoms with Crippen LogP contribution < -0.4 is 0 Å². The molecule has 2 fully saturated rings. The van der Waals surface area contributed by atoms with E-state index >= 15 is 0 Å². The highest BCUT2D eigenvalue weighted by molar-refractivity contribution is 5.40. The second-order valence-electron chi connectivity index (χ2n) is 7.97. The molecule has 0 unspecified atom stereocenters. The predicted octanol–water partition coefficient (Wildman–Crippen LogP) is -2.69. The molecule has 2 heterocycles. The first-order valence-electron chi connectivity index (χ1n) is 10.2. The molecule has 10 atom stereocenters. The zero-order valence-electron chi connectivity index (χ0n) is 17.3. The van der Waals surface area contributed by atoms with E-state index in [0.717, 1.165) is 0 Å². The normalized spacial score (nSPS) is 40.3. The Morgan fingerprint density at radius 3 is 2.03 bits per heavy atom. The second kappa shape index (κ2) is 10.6. The molecule has 2 aliphatic rings. The van der Waals surface area contributed by atoms with Crippen LogP contribution in [0.25, 0.3) is 0 Å². The number of aromatic hydroxyl groups is 2. The first kappa shape index (κ1) is 25.1. The molecule has 8 N–H and O–H groups in total. The van der Waals surface area contributed by atoms with Crippen LogP contribution in [0.4, 0.5) is 0 Å². The minimum absolute atomic E-state index is 0.0222. The van der Waals surface area contributed by atoms with Crippen LogP contribution in [0.2, 0.25) is 0 Å². The van der Waals surface area contributed by atoms with Gasteiger partial charge in [-0.15, -0.1) is 0 Å². The number of rotatable bonds is 7. The molecule has 1 aromatic carbocycles. The van der Waals surface area contributed by atoms with Crippen LogP contribution in [0.3, 0.4) is 0 Å². The molecule has 0 bridgehead atoms. The van der Waals surface area contributed by atoms with E-state index in [9.17, 15) is 40.9 Å². The monoisotopic (exact) mass is 462 g/mol. The van der Waals surface area contributed by atoms with Gasteiger partial charge in [0.2, 0.25) is 0 Å². The van der Waals surface area contributed by atoms with Crippen LogP contribution in [-0.4, -0.2) is 115 Å². The maximum atomic E-state index is 10.2. The topological polar surface area (TPSA) is 199 Å². The van der Waals surface area contributed by atoms with E-state index in [-0.39, 0.29) is 24.7 Å². The van der Waals surface area contributed by atoms with E-state index in [1.807, 2.05) is 0 Å². The Kier molecular flexibility index (Phi) is 8.27. The van der Waals surface area contributed by atoms with Crippen LogP contribution in [0.5, 0.6) is 11.5 Å². The van der Waals surface area contributed by atoms with Crippen LogP contribution >= 0.6 is 0 Å². The van der Waals surface area contributed by atoms with E-state index in [4.69, 9.17) is 18.9 Å². The van der Waals surface area contributed by atoms with Gasteiger partial charge in [-0.05, 0) is 31.0 Å². The molecule has 0 amide bonds. The molecule has 12 nitrogen and oxygen atoms in total. The highest BCUT2D eigenvalue weighted by atomic mass is 16.7. The number of ether oxygens (including phenoxy) is 4. The van der Waals surface area contributed by atoms with Gasteiger partial charge in [-0.25, -0.2) is 0 Å². The lowest BCUT2D eigenvalue weighted by Crippen LogP contribution is -2.61. The zero-order chi connectivity index (χ0) is 23.6. The number of aliphatic hydroxyl groups excluding tert-OH is 6. The molecule has 1 aromatic rings. The Bertz CT molecular complexity index is 747. The molecule has 12 heteroatoms. The fourth-order valence-electron chi connectivity index (χ4n) is 3.55. The van der Waals surface area contributed by atoms with E-state index < -0.39 is 61.4 Å². The van der Waals surface area contributed by atoms with E-state index in [1.54, 1.807) is 6.07 Å². The molecule has 3 rings (SSSR count). The second-order valence-corrected chi connectivity index (χ2v) is 7.97. The van der Waals surface area contributed by atoms with Crippen LogP contribution in [-0.2, 0) is 25.4 Å². The van der Waals surface area contributed by atoms with Gasteiger partial charge in [-0.2, -0.15) is 0 Å². The Labute approximate surface area is 183 Å². The third-order valence-electron chi connectivity index (χ3n) is 5.61. The van der Waals surface area contributed by atoms with Gasteiger partial charge >= 0.3 is 0 Å². The molecule has 2 aliphatic heterocycles. The molecule has 0 spiro atoms. The largest absolute Gasteiger partial charge is 0.504 e. The molecule has 32 heavy (non-hydrogen) atoms. The summed E-state index contributed by atoms with van der Waals surface area (Å²) in [6.07, 6.45) is -13.4. The van der Waals surface area contributed by atoms with E-state index in [2.05, 4.69) is 0 Å². The van der Waals surface area contributed by atoms with Gasteiger partial charge in [-0.1, -0.05) is 6.07 Å². The number of phenolic OH excluding ortho intramolecular Hbond substituents is 2. The Hall–Kier alpha value is -1.58. The van der Waals surface area contributed by atoms with E-state index in [0.29, 0.717) is 12.0 Å². The summed E-state index contributed by atoms with van der Waals surface area (Å²) in [7, 11) is 0. The summed E-state index contributed by atoms with van der Waals surface area (Å²) in [4.78, 5) is 0. The lowest BCUT2D eigenvalue weighted by molar-refractivity contribution is -0.327. The number of benzene rings is 1. The van der Waals surface area contributed by atoms with Crippen molar-refractivity contribution in [1.29, 1.82) is 0 Å². The summed E-state index contributed by atoms with van der Waals surface area (Å²) in [6, 6.07) is 4.25. The highest BCUT2D eigenvalue weighted by Gasteiger charge is 2.46. The fourth-order valence-corrected chi connectivity index (χ4v) is 3.55. The maximum absolute atomic E-state index is 10.2. The minimum Gasteiger partial charge on any atom is -0.504 e. The number of hydrogen-bond acceptors (Lipinski definition) is 12. The average molecular weight is 462 g/mol. The van der Waals surface area contributed by atoms with Crippen molar-refractivity contribution in [2.75, 3.05) is 13.2 Å². The number of aliphatic hydroxyl groups is 6. The standard InChI is InChI=1S/C20H30O12/c1-8-13(23)15(25)17(27)20(31-8)30-7-12-14(24)16(26)18(28)19(32-12)29-5-4-9-2-3-10(21)11(22)6-9/h2-3,6,8,12-28H,4-5,7H2,1H3/t8-,12-,13-,14-,15+,16+,17+,18-,19-,20+/m0/s1. The molecular formula is C20H30O12. The summed E-state index contributed by atoms with van der Waals surface area (Å²) >= 11 is 0. The third kappa shape index (κ3) is 5.48. The highest BCUT2D eigenvalue weighted by Crippen LogP contribution is 2.27.